The Balaban J connectivity index is 1.47. The zero-order chi connectivity index (χ0) is 25.2. The highest BCUT2D eigenvalue weighted by Gasteiger charge is 2.12. The molecule has 0 atom stereocenters. The van der Waals surface area contributed by atoms with E-state index in [0.717, 1.165) is 28.1 Å². The second-order valence-corrected chi connectivity index (χ2v) is 9.27. The van der Waals surface area contributed by atoms with Crippen LogP contribution in [0.2, 0.25) is 0 Å². The fourth-order valence-electron chi connectivity index (χ4n) is 5.10. The Labute approximate surface area is 216 Å². The van der Waals surface area contributed by atoms with Crippen LogP contribution in [0.15, 0.2) is 108 Å². The van der Waals surface area contributed by atoms with Crippen LogP contribution < -0.4 is 5.01 Å². The van der Waals surface area contributed by atoms with Crippen molar-refractivity contribution in [2.45, 2.75) is 13.2 Å². The molecule has 6 aromatic carbocycles. The van der Waals surface area contributed by atoms with Crippen LogP contribution in [0.3, 0.4) is 0 Å². The summed E-state index contributed by atoms with van der Waals surface area (Å²) in [4.78, 5) is 0. The lowest BCUT2D eigenvalue weighted by Crippen LogP contribution is -2.10. The van der Waals surface area contributed by atoms with E-state index in [2.05, 4.69) is 103 Å². The van der Waals surface area contributed by atoms with Gasteiger partial charge in [0.1, 0.15) is 0 Å². The van der Waals surface area contributed by atoms with E-state index >= 15 is 0 Å². The van der Waals surface area contributed by atoms with Crippen molar-refractivity contribution in [3.05, 3.63) is 120 Å². The topological polar surface area (TPSA) is 34.1 Å². The van der Waals surface area contributed by atoms with E-state index in [1.807, 2.05) is 11.2 Å². The summed E-state index contributed by atoms with van der Waals surface area (Å²) in [6.07, 6.45) is 1.98. The number of anilines is 2. The zero-order valence-corrected chi connectivity index (χ0v) is 21.0. The van der Waals surface area contributed by atoms with Crippen LogP contribution in [0, 0.1) is 0 Å². The van der Waals surface area contributed by atoms with Crippen molar-refractivity contribution in [2.75, 3.05) is 19.2 Å². The van der Waals surface area contributed by atoms with Crippen molar-refractivity contribution >= 4 is 49.9 Å². The van der Waals surface area contributed by atoms with Crippen LogP contribution >= 0.6 is 0 Å². The molecule has 0 fully saturated rings. The van der Waals surface area contributed by atoms with E-state index < -0.39 is 0 Å². The maximum atomic E-state index is 5.29. The van der Waals surface area contributed by atoms with Gasteiger partial charge in [-0.15, -0.1) is 0 Å². The van der Waals surface area contributed by atoms with E-state index in [1.165, 1.54) is 32.3 Å². The number of methoxy groups -OCH3 is 2. The van der Waals surface area contributed by atoms with Gasteiger partial charge in [-0.05, 0) is 73.8 Å². The molecule has 6 aromatic rings. The van der Waals surface area contributed by atoms with Gasteiger partial charge in [-0.1, -0.05) is 72.8 Å². The quantitative estimate of drug-likeness (QED) is 0.124. The van der Waals surface area contributed by atoms with E-state index in [0.29, 0.717) is 13.2 Å². The van der Waals surface area contributed by atoms with Crippen LogP contribution in [-0.2, 0) is 22.7 Å². The lowest BCUT2D eigenvalue weighted by Gasteiger charge is -2.20. The predicted molar refractivity (Wildman–Crippen MR) is 154 cm³/mol. The first-order chi connectivity index (χ1) is 18.2. The number of ether oxygens (including phenoxy) is 2. The molecule has 0 saturated heterocycles. The maximum absolute atomic E-state index is 5.29. The fraction of sp³-hybridized carbons (Fsp3) is 0.121. The third-order valence-corrected chi connectivity index (χ3v) is 6.84. The van der Waals surface area contributed by atoms with Crippen molar-refractivity contribution in [2.24, 2.45) is 5.10 Å². The molecule has 0 N–H and O–H groups in total. The number of nitrogens with zero attached hydrogens (tertiary/aromatic N) is 2. The summed E-state index contributed by atoms with van der Waals surface area (Å²) in [6.45, 7) is 1.16. The van der Waals surface area contributed by atoms with Gasteiger partial charge in [0.05, 0.1) is 30.8 Å². The minimum atomic E-state index is 0.580. The fourth-order valence-corrected chi connectivity index (χ4v) is 5.10. The Kier molecular flexibility index (Phi) is 6.27. The summed E-state index contributed by atoms with van der Waals surface area (Å²) in [5.74, 6) is 0. The first-order valence-electron chi connectivity index (χ1n) is 12.4. The van der Waals surface area contributed by atoms with Crippen LogP contribution in [-0.4, -0.2) is 20.4 Å². The molecule has 4 nitrogen and oxygen atoms in total. The van der Waals surface area contributed by atoms with Crippen molar-refractivity contribution in [1.82, 2.24) is 0 Å². The Hall–Kier alpha value is -4.25. The molecular formula is C33H28N2O2. The number of benzene rings is 6. The molecule has 0 heterocycles. The molecule has 0 aromatic heterocycles. The van der Waals surface area contributed by atoms with E-state index in [1.54, 1.807) is 14.2 Å². The van der Waals surface area contributed by atoms with Crippen molar-refractivity contribution < 1.29 is 9.47 Å². The third-order valence-electron chi connectivity index (χ3n) is 6.84. The van der Waals surface area contributed by atoms with Crippen molar-refractivity contribution in [3.8, 4) is 0 Å². The van der Waals surface area contributed by atoms with Gasteiger partial charge in [0.25, 0.3) is 0 Å². The van der Waals surface area contributed by atoms with Crippen LogP contribution in [0.5, 0.6) is 0 Å². The van der Waals surface area contributed by atoms with E-state index in [9.17, 15) is 0 Å². The molecule has 37 heavy (non-hydrogen) atoms. The lowest BCUT2D eigenvalue weighted by atomic mass is 9.92. The minimum Gasteiger partial charge on any atom is -0.380 e. The number of hydrazone groups is 1. The molecular weight excluding hydrogens is 456 g/mol. The Morgan fingerprint density at radius 3 is 1.76 bits per heavy atom. The van der Waals surface area contributed by atoms with Gasteiger partial charge in [0.2, 0.25) is 0 Å². The predicted octanol–water partition coefficient (Wildman–Crippen LogP) is 8.05. The largest absolute Gasteiger partial charge is 0.380 e. The van der Waals surface area contributed by atoms with Crippen molar-refractivity contribution in [1.29, 1.82) is 0 Å². The molecule has 0 aliphatic rings. The molecule has 0 unspecified atom stereocenters. The molecule has 0 aliphatic carbocycles. The van der Waals surface area contributed by atoms with Gasteiger partial charge in [-0.3, -0.25) is 0 Å². The first kappa shape index (κ1) is 23.2. The standard InChI is InChI=1S/C33H28N2O2/c1-36-21-23-9-15-29(16-10-23)35(30-17-11-24(12-18-30)22-37-2)34-20-28-19-27-7-3-5-25-13-14-26-6-4-8-31(28)33(26)32(25)27/h3-20H,21-22H2,1-2H3. The molecule has 0 spiro atoms. The SMILES string of the molecule is COCc1ccc(N(N=Cc2cc3cccc4ccc5cccc2c5c43)c2ccc(COC)cc2)cc1. The molecule has 4 heteroatoms. The minimum absolute atomic E-state index is 0.580. The van der Waals surface area contributed by atoms with Crippen molar-refractivity contribution in [3.63, 3.8) is 0 Å². The summed E-state index contributed by atoms with van der Waals surface area (Å²) in [5, 5.41) is 14.6. The van der Waals surface area contributed by atoms with Crippen LogP contribution in [0.1, 0.15) is 16.7 Å². The summed E-state index contributed by atoms with van der Waals surface area (Å²) in [7, 11) is 3.42. The molecule has 0 amide bonds. The Morgan fingerprint density at radius 1 is 0.622 bits per heavy atom. The lowest BCUT2D eigenvalue weighted by molar-refractivity contribution is 0.185. The number of hydrogen-bond donors (Lipinski definition) is 0. The molecule has 0 bridgehead atoms. The highest BCUT2D eigenvalue weighted by molar-refractivity contribution is 6.26. The monoisotopic (exact) mass is 484 g/mol. The number of rotatable bonds is 8. The molecule has 182 valence electrons. The summed E-state index contributed by atoms with van der Waals surface area (Å²) in [5.41, 5.74) is 5.29. The molecule has 6 rings (SSSR count). The molecule has 0 saturated carbocycles. The van der Waals surface area contributed by atoms with E-state index in [4.69, 9.17) is 14.6 Å². The Morgan fingerprint density at radius 2 is 1.16 bits per heavy atom. The summed E-state index contributed by atoms with van der Waals surface area (Å²) in [6, 6.07) is 36.3. The number of hydrogen-bond acceptors (Lipinski definition) is 4. The third kappa shape index (κ3) is 4.42. The van der Waals surface area contributed by atoms with Gasteiger partial charge in [-0.25, -0.2) is 5.01 Å². The zero-order valence-electron chi connectivity index (χ0n) is 21.0. The molecule has 0 radical (unpaired) electrons. The average molecular weight is 485 g/mol. The highest BCUT2D eigenvalue weighted by Crippen LogP contribution is 2.36. The first-order valence-corrected chi connectivity index (χ1v) is 12.4. The normalized spacial score (nSPS) is 11.8. The Bertz CT molecular complexity index is 1640. The molecule has 0 aliphatic heterocycles. The highest BCUT2D eigenvalue weighted by atomic mass is 16.5. The van der Waals surface area contributed by atoms with Crippen LogP contribution in [0.25, 0.3) is 32.3 Å². The van der Waals surface area contributed by atoms with Gasteiger partial charge in [-0.2, -0.15) is 5.10 Å². The van der Waals surface area contributed by atoms with Crippen LogP contribution in [0.4, 0.5) is 11.4 Å². The summed E-state index contributed by atoms with van der Waals surface area (Å²) < 4.78 is 10.6. The van der Waals surface area contributed by atoms with Gasteiger partial charge < -0.3 is 9.47 Å². The van der Waals surface area contributed by atoms with Gasteiger partial charge >= 0.3 is 0 Å². The maximum Gasteiger partial charge on any atom is 0.0713 e. The second kappa shape index (κ2) is 10.0. The van der Waals surface area contributed by atoms with Gasteiger partial charge in [0, 0.05) is 19.8 Å². The summed E-state index contributed by atoms with van der Waals surface area (Å²) >= 11 is 0. The second-order valence-electron chi connectivity index (χ2n) is 9.27. The van der Waals surface area contributed by atoms with Gasteiger partial charge in [0.15, 0.2) is 0 Å². The smallest absolute Gasteiger partial charge is 0.0713 e. The van der Waals surface area contributed by atoms with E-state index in [-0.39, 0.29) is 0 Å². The average Bonchev–Trinajstić information content (AvgIpc) is 2.94.